The molecule has 0 aliphatic carbocycles. The first-order valence-electron chi connectivity index (χ1n) is 8.93. The van der Waals surface area contributed by atoms with E-state index in [9.17, 15) is 9.59 Å². The van der Waals surface area contributed by atoms with Crippen LogP contribution >= 0.6 is 12.4 Å². The zero-order chi connectivity index (χ0) is 18.7. The SMILES string of the molecule is CC(C)[C@H](N)C(=O)NCC(=O)N1CCc2cc(-c3ccccc3)oc2C1.Cl. The molecule has 0 fully saturated rings. The van der Waals surface area contributed by atoms with Gasteiger partial charge in [0.05, 0.1) is 19.1 Å². The third kappa shape index (κ3) is 4.90. The van der Waals surface area contributed by atoms with Gasteiger partial charge in [-0.25, -0.2) is 0 Å². The maximum absolute atomic E-state index is 12.4. The molecular weight excluding hydrogens is 366 g/mol. The minimum Gasteiger partial charge on any atom is -0.459 e. The standard InChI is InChI=1S/C20H25N3O3.ClH/c1-13(2)19(21)20(25)22-11-18(24)23-9-8-15-10-16(26-17(15)12-23)14-6-4-3-5-7-14;/h3-7,10,13,19H,8-9,11-12,21H2,1-2H3,(H,22,25);1H/t19-;/m0./s1. The first-order valence-corrected chi connectivity index (χ1v) is 8.93. The van der Waals surface area contributed by atoms with Gasteiger partial charge in [-0.15, -0.1) is 12.4 Å². The van der Waals surface area contributed by atoms with Crippen LogP contribution < -0.4 is 11.1 Å². The molecule has 0 unspecified atom stereocenters. The van der Waals surface area contributed by atoms with Crippen LogP contribution in [-0.2, 0) is 22.6 Å². The lowest BCUT2D eigenvalue weighted by Gasteiger charge is -2.26. The Bertz CT molecular complexity index is 789. The van der Waals surface area contributed by atoms with Gasteiger partial charge in [0.2, 0.25) is 11.8 Å². The summed E-state index contributed by atoms with van der Waals surface area (Å²) in [4.78, 5) is 26.0. The van der Waals surface area contributed by atoms with Crippen LogP contribution in [0.5, 0.6) is 0 Å². The van der Waals surface area contributed by atoms with Gasteiger partial charge in [-0.3, -0.25) is 9.59 Å². The maximum atomic E-state index is 12.4. The number of furan rings is 1. The van der Waals surface area contributed by atoms with Crippen LogP contribution in [0.15, 0.2) is 40.8 Å². The number of amides is 2. The smallest absolute Gasteiger partial charge is 0.242 e. The molecule has 0 radical (unpaired) electrons. The van der Waals surface area contributed by atoms with Gasteiger partial charge in [-0.2, -0.15) is 0 Å². The number of nitrogens with two attached hydrogens (primary N) is 1. The summed E-state index contributed by atoms with van der Waals surface area (Å²) >= 11 is 0. The van der Waals surface area contributed by atoms with Gasteiger partial charge in [-0.1, -0.05) is 44.2 Å². The predicted molar refractivity (Wildman–Crippen MR) is 106 cm³/mol. The van der Waals surface area contributed by atoms with Crippen LogP contribution in [0.3, 0.4) is 0 Å². The lowest BCUT2D eigenvalue weighted by molar-refractivity contribution is -0.134. The Morgan fingerprint density at radius 3 is 2.63 bits per heavy atom. The molecule has 2 aromatic rings. The number of rotatable bonds is 5. The van der Waals surface area contributed by atoms with E-state index < -0.39 is 6.04 Å². The highest BCUT2D eigenvalue weighted by molar-refractivity contribution is 5.87. The summed E-state index contributed by atoms with van der Waals surface area (Å²) in [6.07, 6.45) is 0.747. The zero-order valence-corrected chi connectivity index (χ0v) is 16.4. The van der Waals surface area contributed by atoms with Gasteiger partial charge in [0.15, 0.2) is 0 Å². The van der Waals surface area contributed by atoms with E-state index in [2.05, 4.69) is 11.4 Å². The van der Waals surface area contributed by atoms with Gasteiger partial charge < -0.3 is 20.4 Å². The molecular formula is C20H26ClN3O3. The molecule has 1 aromatic heterocycles. The van der Waals surface area contributed by atoms with Crippen LogP contribution in [-0.4, -0.2) is 35.8 Å². The molecule has 1 aromatic carbocycles. The van der Waals surface area contributed by atoms with E-state index in [1.165, 1.54) is 0 Å². The normalized spacial score (nSPS) is 14.3. The summed E-state index contributed by atoms with van der Waals surface area (Å²) in [7, 11) is 0. The fourth-order valence-electron chi connectivity index (χ4n) is 2.97. The van der Waals surface area contributed by atoms with Gasteiger partial charge in [0.1, 0.15) is 11.5 Å². The summed E-state index contributed by atoms with van der Waals surface area (Å²) in [5.74, 6) is 1.24. The summed E-state index contributed by atoms with van der Waals surface area (Å²) < 4.78 is 5.97. The van der Waals surface area contributed by atoms with Crippen LogP contribution in [0.4, 0.5) is 0 Å². The number of nitrogens with one attached hydrogen (secondary N) is 1. The highest BCUT2D eigenvalue weighted by atomic mass is 35.5. The topological polar surface area (TPSA) is 88.6 Å². The quantitative estimate of drug-likeness (QED) is 0.818. The maximum Gasteiger partial charge on any atom is 0.242 e. The number of carbonyl (C=O) groups excluding carboxylic acids is 2. The minimum atomic E-state index is -0.603. The van der Waals surface area contributed by atoms with Crippen molar-refractivity contribution in [3.63, 3.8) is 0 Å². The summed E-state index contributed by atoms with van der Waals surface area (Å²) in [5.41, 5.74) is 7.95. The molecule has 0 bridgehead atoms. The van der Waals surface area contributed by atoms with Crippen molar-refractivity contribution in [2.75, 3.05) is 13.1 Å². The second-order valence-electron chi connectivity index (χ2n) is 6.98. The van der Waals surface area contributed by atoms with Crippen molar-refractivity contribution in [3.8, 4) is 11.3 Å². The third-order valence-electron chi connectivity index (χ3n) is 4.73. The molecule has 1 atom stereocenters. The van der Waals surface area contributed by atoms with E-state index in [-0.39, 0.29) is 36.7 Å². The fourth-order valence-corrected chi connectivity index (χ4v) is 2.97. The number of halogens is 1. The number of hydrogen-bond donors (Lipinski definition) is 2. The number of benzene rings is 1. The highest BCUT2D eigenvalue weighted by Crippen LogP contribution is 2.29. The van der Waals surface area contributed by atoms with Gasteiger partial charge >= 0.3 is 0 Å². The van der Waals surface area contributed by atoms with Crippen LogP contribution in [0.2, 0.25) is 0 Å². The lowest BCUT2D eigenvalue weighted by atomic mass is 10.0. The molecule has 6 nitrogen and oxygen atoms in total. The first-order chi connectivity index (χ1) is 12.5. The number of hydrogen-bond acceptors (Lipinski definition) is 4. The van der Waals surface area contributed by atoms with E-state index >= 15 is 0 Å². The zero-order valence-electron chi connectivity index (χ0n) is 15.6. The molecule has 0 saturated heterocycles. The van der Waals surface area contributed by atoms with E-state index in [4.69, 9.17) is 10.2 Å². The van der Waals surface area contributed by atoms with Crippen LogP contribution in [0.1, 0.15) is 25.2 Å². The molecule has 2 amide bonds. The average molecular weight is 392 g/mol. The molecule has 0 saturated carbocycles. The van der Waals surface area contributed by atoms with E-state index in [1.807, 2.05) is 44.2 Å². The van der Waals surface area contributed by atoms with Crippen molar-refractivity contribution in [2.24, 2.45) is 11.7 Å². The Kier molecular flexibility index (Phi) is 7.05. The summed E-state index contributed by atoms with van der Waals surface area (Å²) in [6, 6.07) is 11.4. The van der Waals surface area contributed by atoms with Crippen molar-refractivity contribution >= 4 is 24.2 Å². The fraction of sp³-hybridized carbons (Fsp3) is 0.400. The molecule has 2 heterocycles. The second-order valence-corrected chi connectivity index (χ2v) is 6.98. The molecule has 7 heteroatoms. The van der Waals surface area contributed by atoms with Crippen LogP contribution in [0, 0.1) is 5.92 Å². The number of carbonyl (C=O) groups is 2. The molecule has 3 rings (SSSR count). The Balaban J connectivity index is 0.00000261. The Labute approximate surface area is 165 Å². The summed E-state index contributed by atoms with van der Waals surface area (Å²) in [5, 5.41) is 2.63. The summed E-state index contributed by atoms with van der Waals surface area (Å²) in [6.45, 7) is 4.75. The molecule has 146 valence electrons. The Hall–Kier alpha value is -2.31. The molecule has 27 heavy (non-hydrogen) atoms. The van der Waals surface area contributed by atoms with Crippen molar-refractivity contribution in [2.45, 2.75) is 32.9 Å². The second kappa shape index (κ2) is 9.06. The van der Waals surface area contributed by atoms with Crippen LogP contribution in [0.25, 0.3) is 11.3 Å². The van der Waals surface area contributed by atoms with E-state index in [0.29, 0.717) is 13.1 Å². The van der Waals surface area contributed by atoms with Crippen molar-refractivity contribution in [1.82, 2.24) is 10.2 Å². The first kappa shape index (κ1) is 21.0. The van der Waals surface area contributed by atoms with Gasteiger partial charge in [-0.05, 0) is 24.0 Å². The van der Waals surface area contributed by atoms with Crippen molar-refractivity contribution in [1.29, 1.82) is 0 Å². The predicted octanol–water partition coefficient (Wildman–Crippen LogP) is 2.35. The average Bonchev–Trinajstić information content (AvgIpc) is 3.09. The van der Waals surface area contributed by atoms with E-state index in [0.717, 1.165) is 29.1 Å². The van der Waals surface area contributed by atoms with Gasteiger partial charge in [0.25, 0.3) is 0 Å². The van der Waals surface area contributed by atoms with E-state index in [1.54, 1.807) is 4.90 Å². The number of nitrogens with zero attached hydrogens (tertiary/aromatic N) is 1. The van der Waals surface area contributed by atoms with Crippen molar-refractivity contribution in [3.05, 3.63) is 47.7 Å². The largest absolute Gasteiger partial charge is 0.459 e. The third-order valence-corrected chi connectivity index (χ3v) is 4.73. The lowest BCUT2D eigenvalue weighted by Crippen LogP contribution is -2.48. The molecule has 1 aliphatic heterocycles. The monoisotopic (exact) mass is 391 g/mol. The number of fused-ring (bicyclic) bond motifs is 1. The molecule has 1 aliphatic rings. The molecule has 3 N–H and O–H groups in total. The minimum absolute atomic E-state index is 0. The van der Waals surface area contributed by atoms with Gasteiger partial charge in [0, 0.05) is 12.1 Å². The molecule has 0 spiro atoms. The highest BCUT2D eigenvalue weighted by Gasteiger charge is 2.25. The van der Waals surface area contributed by atoms with Crippen molar-refractivity contribution < 1.29 is 14.0 Å². The Morgan fingerprint density at radius 2 is 1.96 bits per heavy atom. The Morgan fingerprint density at radius 1 is 1.26 bits per heavy atom.